The average Bonchev–Trinajstić information content (AvgIpc) is 3.87. The lowest BCUT2D eigenvalue weighted by Crippen LogP contribution is -2.66. The number of nitrogen functional groups attached to an aromatic ring is 1. The van der Waals surface area contributed by atoms with Gasteiger partial charge in [0.25, 0.3) is 0 Å². The SMILES string of the molecule is Cc1cn(C(=O)N2CC(CN(C)c3nc(OC[C@@]45CCCN4C[C@H](F)C5)nc4c(F)c(-c5ccc(F)c6sc(N)c(C#N)c56)c(Cl)cc34)(C(F)F)C2)cn1. The summed E-state index contributed by atoms with van der Waals surface area (Å²) < 4.78 is 83.8. The molecule has 2 N–H and O–H groups in total. The van der Waals surface area contributed by atoms with Crippen molar-refractivity contribution in [3.63, 3.8) is 0 Å². The highest BCUT2D eigenvalue weighted by Crippen LogP contribution is 2.47. The Labute approximate surface area is 314 Å². The number of nitrogens with zero attached hydrogens (tertiary/aromatic N) is 8. The molecule has 2 atom stereocenters. The van der Waals surface area contributed by atoms with Crippen molar-refractivity contribution in [2.24, 2.45) is 5.41 Å². The lowest BCUT2D eigenvalue weighted by Gasteiger charge is -2.50. The van der Waals surface area contributed by atoms with Gasteiger partial charge in [0.2, 0.25) is 6.43 Å². The number of thiophene rings is 1. The second-order valence-electron chi connectivity index (χ2n) is 14.5. The van der Waals surface area contributed by atoms with E-state index < -0.39 is 41.2 Å². The zero-order valence-electron chi connectivity index (χ0n) is 29.1. The van der Waals surface area contributed by atoms with Gasteiger partial charge in [-0.05, 0) is 44.0 Å². The van der Waals surface area contributed by atoms with Crippen LogP contribution in [0.25, 0.3) is 32.1 Å². The zero-order chi connectivity index (χ0) is 38.3. The standard InChI is InChI=1S/C36H33ClF5N9O2S/c1-18-11-49(17-45-18)34(52)50-14-35(15-50,32(41)42)13-48(2)31-21-8-23(37)26(20-4-5-24(39)29-25(20)22(10-43)30(44)54-29)27(40)28(21)46-33(47-31)53-16-36-6-3-7-51(36)12-19(38)9-36/h4-5,8,11,17,19,32H,3,6-7,9,12-16,44H2,1-2H3/t19-,36+/m1/s1. The first kappa shape index (κ1) is 36.2. The fraction of sp³-hybridized carbons (Fsp3) is 0.417. The predicted molar refractivity (Wildman–Crippen MR) is 194 cm³/mol. The largest absolute Gasteiger partial charge is 0.461 e. The summed E-state index contributed by atoms with van der Waals surface area (Å²) in [4.78, 5) is 30.8. The van der Waals surface area contributed by atoms with Crippen LogP contribution >= 0.6 is 22.9 Å². The van der Waals surface area contributed by atoms with Crippen molar-refractivity contribution in [3.05, 3.63) is 58.6 Å². The fourth-order valence-corrected chi connectivity index (χ4v) is 9.55. The second kappa shape index (κ2) is 13.2. The number of hydrogen-bond acceptors (Lipinski definition) is 10. The van der Waals surface area contributed by atoms with Crippen LogP contribution in [-0.4, -0.2) is 99.9 Å². The summed E-state index contributed by atoms with van der Waals surface area (Å²) in [6.45, 7) is 1.84. The van der Waals surface area contributed by atoms with E-state index in [2.05, 4.69) is 15.0 Å². The number of likely N-dealkylation sites (tertiary alicyclic amines) is 1. The maximum Gasteiger partial charge on any atom is 0.329 e. The quantitative estimate of drug-likeness (QED) is 0.165. The molecule has 6 heterocycles. The van der Waals surface area contributed by atoms with Crippen molar-refractivity contribution in [3.8, 4) is 23.2 Å². The molecule has 0 unspecified atom stereocenters. The number of carbonyl (C=O) groups excluding carboxylic acids is 1. The summed E-state index contributed by atoms with van der Waals surface area (Å²) in [6, 6.07) is 5.02. The zero-order valence-corrected chi connectivity index (χ0v) is 30.6. The Morgan fingerprint density at radius 3 is 2.76 bits per heavy atom. The number of carbonyl (C=O) groups is 1. The monoisotopic (exact) mass is 785 g/mol. The predicted octanol–water partition coefficient (Wildman–Crippen LogP) is 7.03. The fourth-order valence-electron chi connectivity index (χ4n) is 8.31. The molecule has 0 saturated carbocycles. The number of amides is 1. The molecule has 3 saturated heterocycles. The Kier molecular flexibility index (Phi) is 8.85. The first-order valence-electron chi connectivity index (χ1n) is 17.2. The Morgan fingerprint density at radius 1 is 1.28 bits per heavy atom. The van der Waals surface area contributed by atoms with Crippen molar-refractivity contribution in [1.82, 2.24) is 29.3 Å². The van der Waals surface area contributed by atoms with Crippen molar-refractivity contribution >= 4 is 60.8 Å². The normalized spacial score (nSPS) is 20.8. The highest BCUT2D eigenvalue weighted by molar-refractivity contribution is 7.23. The molecule has 18 heteroatoms. The van der Waals surface area contributed by atoms with E-state index in [1.165, 1.54) is 46.1 Å². The number of ether oxygens (including phenoxy) is 1. The molecule has 282 valence electrons. The van der Waals surface area contributed by atoms with Crippen LogP contribution in [0.15, 0.2) is 30.7 Å². The third-order valence-electron chi connectivity index (χ3n) is 10.9. The number of aromatic nitrogens is 4. The van der Waals surface area contributed by atoms with Crippen LogP contribution in [0.1, 0.15) is 30.5 Å². The molecule has 0 radical (unpaired) electrons. The molecular weight excluding hydrogens is 753 g/mol. The number of aryl methyl sites for hydroxylation is 1. The van der Waals surface area contributed by atoms with E-state index >= 15 is 4.39 Å². The molecule has 3 fully saturated rings. The number of nitriles is 1. The molecule has 0 bridgehead atoms. The van der Waals surface area contributed by atoms with Gasteiger partial charge in [0.1, 0.15) is 47.3 Å². The number of nitrogens with two attached hydrogens (primary N) is 1. The summed E-state index contributed by atoms with van der Waals surface area (Å²) in [7, 11) is 1.51. The van der Waals surface area contributed by atoms with E-state index in [1.54, 1.807) is 6.92 Å². The van der Waals surface area contributed by atoms with Gasteiger partial charge in [-0.25, -0.2) is 31.7 Å². The minimum absolute atomic E-state index is 0.00814. The van der Waals surface area contributed by atoms with Gasteiger partial charge in [0.05, 0.1) is 31.9 Å². The molecule has 8 rings (SSSR count). The maximum absolute atomic E-state index is 17.1. The minimum atomic E-state index is -2.85. The van der Waals surface area contributed by atoms with Crippen LogP contribution in [0.4, 0.5) is 37.6 Å². The van der Waals surface area contributed by atoms with E-state index in [0.29, 0.717) is 18.7 Å². The molecule has 1 amide bonds. The van der Waals surface area contributed by atoms with E-state index in [9.17, 15) is 27.6 Å². The molecule has 3 aromatic heterocycles. The third kappa shape index (κ3) is 5.77. The van der Waals surface area contributed by atoms with Gasteiger partial charge in [0, 0.05) is 62.2 Å². The number of benzene rings is 2. The van der Waals surface area contributed by atoms with Crippen molar-refractivity contribution < 1.29 is 31.5 Å². The summed E-state index contributed by atoms with van der Waals surface area (Å²) in [5.41, 5.74) is 3.96. The Morgan fingerprint density at radius 2 is 2.06 bits per heavy atom. The number of rotatable bonds is 8. The van der Waals surface area contributed by atoms with Crippen LogP contribution < -0.4 is 15.4 Å². The molecule has 11 nitrogen and oxygen atoms in total. The Bertz CT molecular complexity index is 2380. The van der Waals surface area contributed by atoms with Crippen LogP contribution in [-0.2, 0) is 0 Å². The number of alkyl halides is 3. The summed E-state index contributed by atoms with van der Waals surface area (Å²) in [5, 5.41) is 9.93. The smallest absolute Gasteiger partial charge is 0.329 e. The number of hydrogen-bond donors (Lipinski definition) is 1. The maximum atomic E-state index is 17.1. The van der Waals surface area contributed by atoms with Gasteiger partial charge in [-0.3, -0.25) is 9.47 Å². The summed E-state index contributed by atoms with van der Waals surface area (Å²) in [5.74, 6) is -1.58. The third-order valence-corrected chi connectivity index (χ3v) is 12.2. The molecule has 2 aromatic carbocycles. The lowest BCUT2D eigenvalue weighted by molar-refractivity contribution is -0.0864. The first-order chi connectivity index (χ1) is 25.7. The lowest BCUT2D eigenvalue weighted by atomic mass is 9.79. The van der Waals surface area contributed by atoms with Crippen LogP contribution in [0.3, 0.4) is 0 Å². The number of imidazole rings is 1. The molecule has 3 aliphatic rings. The molecule has 0 spiro atoms. The van der Waals surface area contributed by atoms with Crippen molar-refractivity contribution in [2.45, 2.75) is 44.3 Å². The highest BCUT2D eigenvalue weighted by atomic mass is 35.5. The van der Waals surface area contributed by atoms with Crippen molar-refractivity contribution in [2.75, 3.05) is 57.0 Å². The van der Waals surface area contributed by atoms with E-state index in [1.807, 2.05) is 11.0 Å². The van der Waals surface area contributed by atoms with E-state index in [-0.39, 0.29) is 98.7 Å². The number of halogens is 6. The number of fused-ring (bicyclic) bond motifs is 3. The molecule has 0 aliphatic carbocycles. The van der Waals surface area contributed by atoms with Crippen LogP contribution in [0, 0.1) is 35.3 Å². The van der Waals surface area contributed by atoms with Gasteiger partial charge >= 0.3 is 12.0 Å². The van der Waals surface area contributed by atoms with Crippen LogP contribution in [0.5, 0.6) is 6.01 Å². The van der Waals surface area contributed by atoms with Gasteiger partial charge in [-0.2, -0.15) is 15.2 Å². The van der Waals surface area contributed by atoms with Crippen LogP contribution in [0.2, 0.25) is 5.02 Å². The Hall–Kier alpha value is -4.79. The van der Waals surface area contributed by atoms with Gasteiger partial charge < -0.3 is 20.3 Å². The molecular formula is C36H33ClF5N9O2S. The summed E-state index contributed by atoms with van der Waals surface area (Å²) >= 11 is 7.64. The Balaban J connectivity index is 1.21. The van der Waals surface area contributed by atoms with Gasteiger partial charge in [-0.1, -0.05) is 17.7 Å². The number of anilines is 2. The molecule has 54 heavy (non-hydrogen) atoms. The van der Waals surface area contributed by atoms with E-state index in [0.717, 1.165) is 23.8 Å². The minimum Gasteiger partial charge on any atom is -0.461 e. The second-order valence-corrected chi connectivity index (χ2v) is 15.9. The molecule has 5 aromatic rings. The van der Waals surface area contributed by atoms with Gasteiger partial charge in [-0.15, -0.1) is 11.3 Å². The average molecular weight is 786 g/mol. The van der Waals surface area contributed by atoms with E-state index in [4.69, 9.17) is 22.1 Å². The summed E-state index contributed by atoms with van der Waals surface area (Å²) in [6.07, 6.45) is 0.717. The topological polar surface area (TPSA) is 129 Å². The highest BCUT2D eigenvalue weighted by Gasteiger charge is 2.53. The van der Waals surface area contributed by atoms with Crippen molar-refractivity contribution in [1.29, 1.82) is 5.26 Å². The molecule has 3 aliphatic heterocycles. The first-order valence-corrected chi connectivity index (χ1v) is 18.4. The van der Waals surface area contributed by atoms with Gasteiger partial charge in [0.15, 0.2) is 5.82 Å².